The van der Waals surface area contributed by atoms with Crippen LogP contribution in [0.5, 0.6) is 0 Å². The number of aromatic nitrogens is 3. The van der Waals surface area contributed by atoms with Gasteiger partial charge in [0.1, 0.15) is 0 Å². The van der Waals surface area contributed by atoms with Gasteiger partial charge in [-0.05, 0) is 24.4 Å². The van der Waals surface area contributed by atoms with E-state index < -0.39 is 10.8 Å². The molecule has 0 saturated carbocycles. The fourth-order valence-electron chi connectivity index (χ4n) is 2.85. The molecule has 4 rings (SSSR count). The van der Waals surface area contributed by atoms with E-state index in [1.807, 2.05) is 48.7 Å². The van der Waals surface area contributed by atoms with Gasteiger partial charge in [0.15, 0.2) is 5.82 Å². The normalized spacial score (nSPS) is 10.7. The van der Waals surface area contributed by atoms with Gasteiger partial charge in [0.2, 0.25) is 5.95 Å². The van der Waals surface area contributed by atoms with Crippen molar-refractivity contribution in [2.75, 3.05) is 5.32 Å². The number of rotatable bonds is 6. The molecule has 0 saturated heterocycles. The molecule has 9 heteroatoms. The summed E-state index contributed by atoms with van der Waals surface area (Å²) in [6, 6.07) is 17.1. The number of thiophene rings is 1. The Bertz CT molecular complexity index is 1200. The molecule has 8 nitrogen and oxygen atoms in total. The highest BCUT2D eigenvalue weighted by molar-refractivity contribution is 7.09. The lowest BCUT2D eigenvalue weighted by Gasteiger charge is -2.06. The van der Waals surface area contributed by atoms with Gasteiger partial charge in [-0.3, -0.25) is 14.9 Å². The zero-order valence-electron chi connectivity index (χ0n) is 16.0. The average molecular weight is 419 g/mol. The minimum Gasteiger partial charge on any atom is -0.349 e. The second kappa shape index (κ2) is 8.26. The molecule has 0 radical (unpaired) electrons. The Morgan fingerprint density at radius 3 is 2.67 bits per heavy atom. The molecule has 0 bridgehead atoms. The van der Waals surface area contributed by atoms with E-state index in [4.69, 9.17) is 0 Å². The third-order valence-corrected chi connectivity index (χ3v) is 5.29. The van der Waals surface area contributed by atoms with Crippen LogP contribution >= 0.6 is 11.3 Å². The summed E-state index contributed by atoms with van der Waals surface area (Å²) in [6.07, 6.45) is 0. The predicted octanol–water partition coefficient (Wildman–Crippen LogP) is 4.52. The highest BCUT2D eigenvalue weighted by atomic mass is 32.1. The fourth-order valence-corrected chi connectivity index (χ4v) is 3.49. The molecule has 1 N–H and O–H groups in total. The van der Waals surface area contributed by atoms with Gasteiger partial charge in [0.05, 0.1) is 11.5 Å². The van der Waals surface area contributed by atoms with Crippen molar-refractivity contribution in [1.82, 2.24) is 14.8 Å². The highest BCUT2D eigenvalue weighted by Crippen LogP contribution is 2.22. The molecule has 0 spiro atoms. The number of nitro benzene ring substituents is 1. The molecular weight excluding hydrogens is 402 g/mol. The average Bonchev–Trinajstić information content (AvgIpc) is 3.42. The highest BCUT2D eigenvalue weighted by Gasteiger charge is 2.20. The monoisotopic (exact) mass is 419 g/mol. The predicted molar refractivity (Wildman–Crippen MR) is 115 cm³/mol. The van der Waals surface area contributed by atoms with Crippen molar-refractivity contribution in [1.29, 1.82) is 0 Å². The van der Waals surface area contributed by atoms with E-state index in [9.17, 15) is 14.9 Å². The van der Waals surface area contributed by atoms with Gasteiger partial charge in [-0.1, -0.05) is 42.0 Å². The molecule has 2 heterocycles. The third kappa shape index (κ3) is 4.11. The second-order valence-electron chi connectivity index (χ2n) is 6.58. The molecular formula is C21H17N5O3S. The topological polar surface area (TPSA) is 103 Å². The Morgan fingerprint density at radius 2 is 1.97 bits per heavy atom. The smallest absolute Gasteiger partial charge is 0.281 e. The van der Waals surface area contributed by atoms with Gasteiger partial charge in [0.25, 0.3) is 11.6 Å². The first-order chi connectivity index (χ1) is 14.5. The number of benzene rings is 2. The van der Waals surface area contributed by atoms with Crippen molar-refractivity contribution < 1.29 is 9.72 Å². The first kappa shape index (κ1) is 19.5. The number of nitro groups is 1. The fraction of sp³-hybridized carbons (Fsp3) is 0.0952. The Balaban J connectivity index is 1.72. The summed E-state index contributed by atoms with van der Waals surface area (Å²) in [5.74, 6) is 0.163. The number of hydrogen-bond donors (Lipinski definition) is 1. The van der Waals surface area contributed by atoms with E-state index in [0.29, 0.717) is 12.4 Å². The molecule has 2 aromatic heterocycles. The summed E-state index contributed by atoms with van der Waals surface area (Å²) >= 11 is 1.58. The van der Waals surface area contributed by atoms with Crippen LogP contribution in [0.4, 0.5) is 11.6 Å². The Hall–Kier alpha value is -3.85. The lowest BCUT2D eigenvalue weighted by Crippen LogP contribution is -2.17. The second-order valence-corrected chi connectivity index (χ2v) is 7.61. The number of carbonyl (C=O) groups excluding carboxylic acids is 1. The quantitative estimate of drug-likeness (QED) is 0.364. The lowest BCUT2D eigenvalue weighted by atomic mass is 10.1. The van der Waals surface area contributed by atoms with E-state index >= 15 is 0 Å². The molecule has 0 amide bonds. The Kier molecular flexibility index (Phi) is 5.36. The van der Waals surface area contributed by atoms with Crippen molar-refractivity contribution in [3.05, 3.63) is 92.2 Å². The minimum atomic E-state index is -0.536. The maximum absolute atomic E-state index is 13.1. The summed E-state index contributed by atoms with van der Waals surface area (Å²) in [5, 5.41) is 20.6. The van der Waals surface area contributed by atoms with Crippen LogP contribution in [-0.2, 0) is 6.54 Å². The van der Waals surface area contributed by atoms with Crippen molar-refractivity contribution in [3.8, 4) is 11.4 Å². The molecule has 0 unspecified atom stereocenters. The van der Waals surface area contributed by atoms with E-state index in [1.165, 1.54) is 24.3 Å². The Morgan fingerprint density at radius 1 is 1.17 bits per heavy atom. The Labute approximate surface area is 176 Å². The number of nitrogens with zero attached hydrogens (tertiary/aromatic N) is 4. The van der Waals surface area contributed by atoms with Crippen LogP contribution < -0.4 is 5.32 Å². The molecule has 0 aliphatic heterocycles. The summed E-state index contributed by atoms with van der Waals surface area (Å²) < 4.78 is 1.15. The standard InChI is InChI=1S/C21H17N5O3S/c1-14-7-9-15(10-8-14)19-23-21(22-13-18-6-3-11-30-18)25(24-19)20(27)16-4-2-5-17(12-16)26(28)29/h2-12H,13H2,1H3,(H,22,23,24). The largest absolute Gasteiger partial charge is 0.349 e. The van der Waals surface area contributed by atoms with E-state index in [-0.39, 0.29) is 17.2 Å². The van der Waals surface area contributed by atoms with Crippen molar-refractivity contribution in [2.45, 2.75) is 13.5 Å². The molecule has 0 aliphatic carbocycles. The van der Waals surface area contributed by atoms with E-state index in [0.717, 1.165) is 20.7 Å². The SMILES string of the molecule is Cc1ccc(-c2nc(NCc3cccs3)n(C(=O)c3cccc([N+](=O)[O-])c3)n2)cc1. The summed E-state index contributed by atoms with van der Waals surface area (Å²) in [6.45, 7) is 2.46. The molecule has 2 aromatic carbocycles. The number of non-ortho nitro benzene ring substituents is 1. The maximum Gasteiger partial charge on any atom is 0.281 e. The molecule has 150 valence electrons. The van der Waals surface area contributed by atoms with Crippen LogP contribution in [0.2, 0.25) is 0 Å². The third-order valence-electron chi connectivity index (χ3n) is 4.41. The summed E-state index contributed by atoms with van der Waals surface area (Å²) in [4.78, 5) is 29.2. The minimum absolute atomic E-state index is 0.156. The van der Waals surface area contributed by atoms with Gasteiger partial charge in [0, 0.05) is 28.1 Å². The van der Waals surface area contributed by atoms with Crippen LogP contribution in [0, 0.1) is 17.0 Å². The molecule has 4 aromatic rings. The number of hydrogen-bond acceptors (Lipinski definition) is 7. The van der Waals surface area contributed by atoms with Gasteiger partial charge in [-0.2, -0.15) is 9.67 Å². The van der Waals surface area contributed by atoms with Crippen LogP contribution in [0.25, 0.3) is 11.4 Å². The van der Waals surface area contributed by atoms with Crippen molar-refractivity contribution >= 4 is 28.9 Å². The lowest BCUT2D eigenvalue weighted by molar-refractivity contribution is -0.384. The maximum atomic E-state index is 13.1. The van der Waals surface area contributed by atoms with Crippen LogP contribution in [-0.4, -0.2) is 25.6 Å². The van der Waals surface area contributed by atoms with Crippen LogP contribution in [0.3, 0.4) is 0 Å². The molecule has 0 atom stereocenters. The van der Waals surface area contributed by atoms with Gasteiger partial charge in [-0.25, -0.2) is 0 Å². The summed E-state index contributed by atoms with van der Waals surface area (Å²) in [5.41, 5.74) is 1.86. The first-order valence-corrected chi connectivity index (χ1v) is 9.99. The van der Waals surface area contributed by atoms with Crippen LogP contribution in [0.15, 0.2) is 66.0 Å². The number of anilines is 1. The number of aryl methyl sites for hydroxylation is 1. The van der Waals surface area contributed by atoms with E-state index in [1.54, 1.807) is 11.3 Å². The molecule has 30 heavy (non-hydrogen) atoms. The molecule has 0 fully saturated rings. The zero-order valence-corrected chi connectivity index (χ0v) is 16.8. The molecule has 0 aliphatic rings. The number of carbonyl (C=O) groups is 1. The summed E-state index contributed by atoms with van der Waals surface area (Å²) in [7, 11) is 0. The van der Waals surface area contributed by atoms with Gasteiger partial charge in [-0.15, -0.1) is 16.4 Å². The van der Waals surface area contributed by atoms with Crippen molar-refractivity contribution in [2.24, 2.45) is 0 Å². The van der Waals surface area contributed by atoms with E-state index in [2.05, 4.69) is 15.4 Å². The van der Waals surface area contributed by atoms with Crippen LogP contribution in [0.1, 0.15) is 20.8 Å². The first-order valence-electron chi connectivity index (χ1n) is 9.11. The zero-order chi connectivity index (χ0) is 21.1. The number of nitrogens with one attached hydrogen (secondary N) is 1. The van der Waals surface area contributed by atoms with Crippen molar-refractivity contribution in [3.63, 3.8) is 0 Å². The van der Waals surface area contributed by atoms with Gasteiger partial charge < -0.3 is 5.32 Å². The van der Waals surface area contributed by atoms with Gasteiger partial charge >= 0.3 is 0 Å².